The molecule has 1 aromatic carbocycles. The Kier molecular flexibility index (Phi) is 2.98. The van der Waals surface area contributed by atoms with Crippen molar-refractivity contribution in [3.05, 3.63) is 35.4 Å². The fourth-order valence-corrected chi connectivity index (χ4v) is 2.44. The van der Waals surface area contributed by atoms with Gasteiger partial charge in [-0.15, -0.1) is 0 Å². The summed E-state index contributed by atoms with van der Waals surface area (Å²) in [6.45, 7) is 6.24. The highest BCUT2D eigenvalue weighted by Gasteiger charge is 2.56. The van der Waals surface area contributed by atoms with Crippen molar-refractivity contribution in [2.75, 3.05) is 0 Å². The summed E-state index contributed by atoms with van der Waals surface area (Å²) in [5.41, 5.74) is 1.98. The van der Waals surface area contributed by atoms with Crippen LogP contribution in [0.1, 0.15) is 44.2 Å². The van der Waals surface area contributed by atoms with Gasteiger partial charge in [0.1, 0.15) is 0 Å². The van der Waals surface area contributed by atoms with E-state index in [-0.39, 0.29) is 5.92 Å². The average Bonchev–Trinajstić information content (AvgIpc) is 2.93. The van der Waals surface area contributed by atoms with Gasteiger partial charge < -0.3 is 5.11 Å². The van der Waals surface area contributed by atoms with Gasteiger partial charge in [0.25, 0.3) is 0 Å². The lowest BCUT2D eigenvalue weighted by molar-refractivity contribution is -0.142. The van der Waals surface area contributed by atoms with Crippen molar-refractivity contribution >= 4 is 5.97 Å². The minimum absolute atomic E-state index is 0.202. The summed E-state index contributed by atoms with van der Waals surface area (Å²) in [6, 6.07) is 8.46. The lowest BCUT2D eigenvalue weighted by Gasteiger charge is -2.08. The molecule has 2 atom stereocenters. The molecular formula is C15H20O2. The van der Waals surface area contributed by atoms with Crippen LogP contribution < -0.4 is 0 Å². The van der Waals surface area contributed by atoms with Crippen LogP contribution in [0.25, 0.3) is 0 Å². The maximum atomic E-state index is 11.1. The first-order valence-corrected chi connectivity index (χ1v) is 6.25. The molecule has 2 nitrogen and oxygen atoms in total. The number of hydrogen-bond acceptors (Lipinski definition) is 1. The Morgan fingerprint density at radius 3 is 2.41 bits per heavy atom. The van der Waals surface area contributed by atoms with Crippen molar-refractivity contribution in [2.45, 2.75) is 39.5 Å². The zero-order valence-corrected chi connectivity index (χ0v) is 10.7. The predicted molar refractivity (Wildman–Crippen MR) is 68.1 cm³/mol. The molecule has 1 N–H and O–H groups in total. The molecule has 2 heteroatoms. The summed E-state index contributed by atoms with van der Waals surface area (Å²) >= 11 is 0. The van der Waals surface area contributed by atoms with Crippen LogP contribution in [-0.4, -0.2) is 11.1 Å². The highest BCUT2D eigenvalue weighted by molar-refractivity contribution is 5.80. The van der Waals surface area contributed by atoms with Crippen LogP contribution in [0.5, 0.6) is 0 Å². The molecule has 0 radical (unpaired) electrons. The average molecular weight is 232 g/mol. The maximum absolute atomic E-state index is 11.1. The maximum Gasteiger partial charge on any atom is 0.309 e. The zero-order chi connectivity index (χ0) is 12.6. The smallest absolute Gasteiger partial charge is 0.309 e. The number of carboxylic acids is 1. The van der Waals surface area contributed by atoms with E-state index in [1.165, 1.54) is 11.1 Å². The van der Waals surface area contributed by atoms with E-state index in [1.54, 1.807) is 0 Å². The van der Waals surface area contributed by atoms with Gasteiger partial charge >= 0.3 is 5.97 Å². The highest BCUT2D eigenvalue weighted by Crippen LogP contribution is 2.59. The molecular weight excluding hydrogens is 212 g/mol. The van der Waals surface area contributed by atoms with Gasteiger partial charge in [-0.05, 0) is 36.8 Å². The van der Waals surface area contributed by atoms with E-state index in [0.717, 1.165) is 12.8 Å². The SMILES string of the molecule is CC(C)Cc1ccc([C@H]2C[C@]2(C)C(=O)O)cc1. The summed E-state index contributed by atoms with van der Waals surface area (Å²) in [6.07, 6.45) is 1.85. The van der Waals surface area contributed by atoms with Gasteiger partial charge in [0.15, 0.2) is 0 Å². The van der Waals surface area contributed by atoms with Gasteiger partial charge in [-0.1, -0.05) is 38.1 Å². The monoisotopic (exact) mass is 232 g/mol. The molecule has 0 aliphatic heterocycles. The molecule has 0 aromatic heterocycles. The first-order valence-electron chi connectivity index (χ1n) is 6.25. The summed E-state index contributed by atoms with van der Waals surface area (Å²) in [7, 11) is 0. The third kappa shape index (κ3) is 2.36. The Balaban J connectivity index is 2.08. The van der Waals surface area contributed by atoms with Crippen molar-refractivity contribution in [3.8, 4) is 0 Å². The van der Waals surface area contributed by atoms with E-state index in [4.69, 9.17) is 5.11 Å². The standard InChI is InChI=1S/C15H20O2/c1-10(2)8-11-4-6-12(7-5-11)13-9-15(13,3)14(16)17/h4-7,10,13H,8-9H2,1-3H3,(H,16,17)/t13-,15+/m1/s1. The molecule has 0 unspecified atom stereocenters. The van der Waals surface area contributed by atoms with Crippen molar-refractivity contribution in [1.29, 1.82) is 0 Å². The molecule has 17 heavy (non-hydrogen) atoms. The first-order chi connectivity index (χ1) is 7.93. The minimum atomic E-state index is -0.672. The van der Waals surface area contributed by atoms with Crippen molar-refractivity contribution in [3.63, 3.8) is 0 Å². The van der Waals surface area contributed by atoms with E-state index < -0.39 is 11.4 Å². The van der Waals surface area contributed by atoms with Gasteiger partial charge in [0.05, 0.1) is 5.41 Å². The number of hydrogen-bond donors (Lipinski definition) is 1. The van der Waals surface area contributed by atoms with Crippen molar-refractivity contribution in [1.82, 2.24) is 0 Å². The van der Waals surface area contributed by atoms with Crippen LogP contribution in [0.4, 0.5) is 0 Å². The third-order valence-corrected chi connectivity index (χ3v) is 3.75. The number of carboxylic acid groups (broad SMARTS) is 1. The van der Waals surface area contributed by atoms with Gasteiger partial charge in [0, 0.05) is 5.92 Å². The predicted octanol–water partition coefficient (Wildman–Crippen LogP) is 3.46. The van der Waals surface area contributed by atoms with Crippen LogP contribution in [0.15, 0.2) is 24.3 Å². The number of benzene rings is 1. The molecule has 0 amide bonds. The normalized spacial score (nSPS) is 27.2. The fraction of sp³-hybridized carbons (Fsp3) is 0.533. The molecule has 1 aliphatic rings. The molecule has 92 valence electrons. The van der Waals surface area contributed by atoms with Crippen LogP contribution in [0.2, 0.25) is 0 Å². The second kappa shape index (κ2) is 4.17. The number of rotatable bonds is 4. The fourth-order valence-electron chi connectivity index (χ4n) is 2.44. The van der Waals surface area contributed by atoms with Crippen LogP contribution in [-0.2, 0) is 11.2 Å². The van der Waals surface area contributed by atoms with Crippen LogP contribution in [0, 0.1) is 11.3 Å². The molecule has 0 bridgehead atoms. The van der Waals surface area contributed by atoms with Crippen molar-refractivity contribution in [2.24, 2.45) is 11.3 Å². The molecule has 1 aromatic rings. The van der Waals surface area contributed by atoms with E-state index in [0.29, 0.717) is 5.92 Å². The second-order valence-corrected chi connectivity index (χ2v) is 5.82. The Hall–Kier alpha value is -1.31. The number of aliphatic carboxylic acids is 1. The molecule has 2 rings (SSSR count). The summed E-state index contributed by atoms with van der Waals surface area (Å²) in [4.78, 5) is 11.1. The van der Waals surface area contributed by atoms with E-state index >= 15 is 0 Å². The van der Waals surface area contributed by atoms with Gasteiger partial charge in [-0.25, -0.2) is 0 Å². The summed E-state index contributed by atoms with van der Waals surface area (Å²) in [5.74, 6) is 0.188. The second-order valence-electron chi connectivity index (χ2n) is 5.82. The summed E-state index contributed by atoms with van der Waals surface area (Å²) in [5, 5.41) is 9.12. The topological polar surface area (TPSA) is 37.3 Å². The first kappa shape index (κ1) is 12.2. The molecule has 0 heterocycles. The van der Waals surface area contributed by atoms with Gasteiger partial charge in [-0.3, -0.25) is 4.79 Å². The van der Waals surface area contributed by atoms with E-state index in [1.807, 2.05) is 6.92 Å². The lowest BCUT2D eigenvalue weighted by Crippen LogP contribution is -2.12. The molecule has 0 saturated heterocycles. The third-order valence-electron chi connectivity index (χ3n) is 3.75. The Labute approximate surface area is 103 Å². The molecule has 1 aliphatic carbocycles. The van der Waals surface area contributed by atoms with Gasteiger partial charge in [0.2, 0.25) is 0 Å². The minimum Gasteiger partial charge on any atom is -0.481 e. The highest BCUT2D eigenvalue weighted by atomic mass is 16.4. The van der Waals surface area contributed by atoms with E-state index in [2.05, 4.69) is 38.1 Å². The molecule has 1 fully saturated rings. The largest absolute Gasteiger partial charge is 0.481 e. The Bertz CT molecular complexity index is 419. The number of carbonyl (C=O) groups is 1. The quantitative estimate of drug-likeness (QED) is 0.863. The zero-order valence-electron chi connectivity index (χ0n) is 10.7. The molecule has 1 saturated carbocycles. The van der Waals surface area contributed by atoms with Crippen LogP contribution in [0.3, 0.4) is 0 Å². The van der Waals surface area contributed by atoms with Crippen molar-refractivity contribution < 1.29 is 9.90 Å². The lowest BCUT2D eigenvalue weighted by atomic mass is 9.97. The Morgan fingerprint density at radius 1 is 1.41 bits per heavy atom. The molecule has 0 spiro atoms. The Morgan fingerprint density at radius 2 is 2.00 bits per heavy atom. The van der Waals surface area contributed by atoms with Gasteiger partial charge in [-0.2, -0.15) is 0 Å². The summed E-state index contributed by atoms with van der Waals surface area (Å²) < 4.78 is 0. The van der Waals surface area contributed by atoms with E-state index in [9.17, 15) is 4.79 Å². The van der Waals surface area contributed by atoms with Crippen LogP contribution >= 0.6 is 0 Å².